The molecule has 0 bridgehead atoms. The molecule has 4 aromatic carbocycles. The molecule has 5 rings (SSSR count). The lowest BCUT2D eigenvalue weighted by atomic mass is 10.0. The second-order valence-electron chi connectivity index (χ2n) is 9.06. The smallest absolute Gasteiger partial charge is 0.269 e. The van der Waals surface area contributed by atoms with E-state index < -0.39 is 11.0 Å². The second-order valence-corrected chi connectivity index (χ2v) is 10.4. The van der Waals surface area contributed by atoms with Gasteiger partial charge in [0.15, 0.2) is 0 Å². The second kappa shape index (κ2) is 11.7. The molecule has 1 amide bonds. The summed E-state index contributed by atoms with van der Waals surface area (Å²) in [5.74, 6) is -0.199. The van der Waals surface area contributed by atoms with Gasteiger partial charge in [0.1, 0.15) is 6.04 Å². The summed E-state index contributed by atoms with van der Waals surface area (Å²) in [5.41, 5.74) is 4.35. The molecule has 7 nitrogen and oxygen atoms in total. The third-order valence-electron chi connectivity index (χ3n) is 6.53. The minimum absolute atomic E-state index is 0.0193. The lowest BCUT2D eigenvalue weighted by molar-refractivity contribution is -0.384. The monoisotopic (exact) mass is 602 g/mol. The molecular weight excluding hydrogens is 580 g/mol. The van der Waals surface area contributed by atoms with E-state index in [4.69, 9.17) is 11.6 Å². The van der Waals surface area contributed by atoms with Crippen LogP contribution in [0.1, 0.15) is 22.7 Å². The number of amides is 1. The van der Waals surface area contributed by atoms with E-state index in [1.165, 1.54) is 12.1 Å². The maximum absolute atomic E-state index is 14.0. The molecule has 0 aliphatic rings. The first-order chi connectivity index (χ1) is 18.9. The van der Waals surface area contributed by atoms with Crippen molar-refractivity contribution in [2.24, 2.45) is 0 Å². The number of hydrogen-bond acceptors (Lipinski definition) is 4. The maximum atomic E-state index is 14.0. The van der Waals surface area contributed by atoms with Crippen molar-refractivity contribution < 1.29 is 9.72 Å². The van der Waals surface area contributed by atoms with Crippen LogP contribution >= 0.6 is 27.5 Å². The zero-order valence-corrected chi connectivity index (χ0v) is 23.0. The number of nitrogens with zero attached hydrogens (tertiary/aromatic N) is 2. The van der Waals surface area contributed by atoms with Crippen molar-refractivity contribution in [3.63, 3.8) is 0 Å². The number of halogens is 2. The molecule has 0 aliphatic heterocycles. The number of anilines is 1. The summed E-state index contributed by atoms with van der Waals surface area (Å²) in [6.45, 7) is 0.709. The zero-order chi connectivity index (χ0) is 27.4. The minimum atomic E-state index is -0.722. The van der Waals surface area contributed by atoms with Crippen LogP contribution in [-0.4, -0.2) is 15.8 Å². The molecule has 1 unspecified atom stereocenters. The number of rotatable bonds is 9. The van der Waals surface area contributed by atoms with Gasteiger partial charge in [-0.3, -0.25) is 14.9 Å². The lowest BCUT2D eigenvalue weighted by Crippen LogP contribution is -2.40. The number of nitrogens with one attached hydrogen (secondary N) is 2. The molecule has 196 valence electrons. The Labute approximate surface area is 238 Å². The van der Waals surface area contributed by atoms with E-state index >= 15 is 0 Å². The van der Waals surface area contributed by atoms with Crippen molar-refractivity contribution >= 4 is 55.7 Å². The average Bonchev–Trinajstić information content (AvgIpc) is 3.37. The van der Waals surface area contributed by atoms with Crippen LogP contribution in [0.3, 0.4) is 0 Å². The van der Waals surface area contributed by atoms with E-state index in [9.17, 15) is 14.9 Å². The van der Waals surface area contributed by atoms with Gasteiger partial charge in [0.05, 0.1) is 4.92 Å². The number of hydrogen-bond donors (Lipinski definition) is 2. The number of carbonyl (C=O) groups is 1. The Morgan fingerprint density at radius 2 is 1.67 bits per heavy atom. The van der Waals surface area contributed by atoms with Gasteiger partial charge in [-0.05, 0) is 59.2 Å². The molecule has 2 N–H and O–H groups in total. The molecule has 1 heterocycles. The number of benzene rings is 4. The highest BCUT2D eigenvalue weighted by atomic mass is 79.9. The Bertz CT molecular complexity index is 1600. The number of nitro benzene ring substituents is 1. The third kappa shape index (κ3) is 6.13. The van der Waals surface area contributed by atoms with E-state index in [1.807, 2.05) is 71.8 Å². The van der Waals surface area contributed by atoms with Crippen LogP contribution in [-0.2, 0) is 17.9 Å². The van der Waals surface area contributed by atoms with Gasteiger partial charge < -0.3 is 15.2 Å². The van der Waals surface area contributed by atoms with Gasteiger partial charge in [0.25, 0.3) is 5.69 Å². The zero-order valence-electron chi connectivity index (χ0n) is 20.7. The molecule has 0 radical (unpaired) electrons. The predicted octanol–water partition coefficient (Wildman–Crippen LogP) is 7.56. The van der Waals surface area contributed by atoms with Crippen LogP contribution in [0.15, 0.2) is 108 Å². The van der Waals surface area contributed by atoms with Gasteiger partial charge in [0, 0.05) is 57.5 Å². The summed E-state index contributed by atoms with van der Waals surface area (Å²) in [7, 11) is 0. The molecular formula is C30H24BrClN4O3. The van der Waals surface area contributed by atoms with Gasteiger partial charge in [-0.2, -0.15) is 0 Å². The maximum Gasteiger partial charge on any atom is 0.269 e. The van der Waals surface area contributed by atoms with Crippen molar-refractivity contribution in [3.8, 4) is 0 Å². The van der Waals surface area contributed by atoms with Crippen molar-refractivity contribution in [1.29, 1.82) is 0 Å². The van der Waals surface area contributed by atoms with Crippen LogP contribution in [0, 0.1) is 10.1 Å². The molecule has 0 spiro atoms. The fraction of sp³-hybridized carbons (Fsp3) is 0.100. The number of nitro groups is 1. The highest BCUT2D eigenvalue weighted by molar-refractivity contribution is 9.10. The fourth-order valence-electron chi connectivity index (χ4n) is 4.56. The van der Waals surface area contributed by atoms with Crippen LogP contribution < -0.4 is 10.2 Å². The Morgan fingerprint density at radius 3 is 2.36 bits per heavy atom. The van der Waals surface area contributed by atoms with E-state index in [0.717, 1.165) is 32.1 Å². The summed E-state index contributed by atoms with van der Waals surface area (Å²) >= 11 is 9.60. The predicted molar refractivity (Wildman–Crippen MR) is 158 cm³/mol. The fourth-order valence-corrected chi connectivity index (χ4v) is 4.95. The average molecular weight is 604 g/mol. The summed E-state index contributed by atoms with van der Waals surface area (Å²) in [5, 5.41) is 16.1. The van der Waals surface area contributed by atoms with E-state index in [1.54, 1.807) is 24.3 Å². The first-order valence-electron chi connectivity index (χ1n) is 12.2. The quantitative estimate of drug-likeness (QED) is 0.134. The van der Waals surface area contributed by atoms with Crippen LogP contribution in [0.4, 0.5) is 11.4 Å². The number of fused-ring (bicyclic) bond motifs is 1. The first kappa shape index (κ1) is 26.5. The number of para-hydroxylation sites is 1. The van der Waals surface area contributed by atoms with Gasteiger partial charge in [-0.1, -0.05) is 70.0 Å². The Kier molecular flexibility index (Phi) is 7.95. The van der Waals surface area contributed by atoms with Crippen LogP contribution in [0.5, 0.6) is 0 Å². The van der Waals surface area contributed by atoms with Gasteiger partial charge in [-0.25, -0.2) is 0 Å². The molecule has 0 fully saturated rings. The van der Waals surface area contributed by atoms with Crippen molar-refractivity contribution in [2.75, 3.05) is 4.90 Å². The summed E-state index contributed by atoms with van der Waals surface area (Å²) in [6.07, 6.45) is 1.90. The van der Waals surface area contributed by atoms with E-state index in [0.29, 0.717) is 23.8 Å². The molecule has 1 aromatic heterocycles. The first-order valence-corrected chi connectivity index (χ1v) is 13.4. The van der Waals surface area contributed by atoms with E-state index in [-0.39, 0.29) is 11.6 Å². The van der Waals surface area contributed by atoms with Crippen molar-refractivity contribution in [1.82, 2.24) is 10.3 Å². The van der Waals surface area contributed by atoms with Crippen LogP contribution in [0.25, 0.3) is 10.9 Å². The van der Waals surface area contributed by atoms with Gasteiger partial charge in [-0.15, -0.1) is 0 Å². The topological polar surface area (TPSA) is 91.3 Å². The molecule has 39 heavy (non-hydrogen) atoms. The molecule has 5 aromatic rings. The van der Waals surface area contributed by atoms with Gasteiger partial charge in [0.2, 0.25) is 5.91 Å². The normalized spacial score (nSPS) is 11.7. The lowest BCUT2D eigenvalue weighted by Gasteiger charge is -2.33. The number of H-pyrrole nitrogens is 1. The summed E-state index contributed by atoms with van der Waals surface area (Å²) in [6, 6.07) is 28.5. The summed E-state index contributed by atoms with van der Waals surface area (Å²) < 4.78 is 0.892. The minimum Gasteiger partial charge on any atom is -0.361 e. The summed E-state index contributed by atoms with van der Waals surface area (Å²) in [4.78, 5) is 30.0. The molecule has 0 saturated heterocycles. The standard InChI is InChI=1S/C30H24BrClN4O3/c31-23-9-7-21(8-10-23)29(30(37)34-18-22-17-33-28-4-2-1-3-27(22)28)35(19-20-5-11-24(32)12-6-20)25-13-15-26(16-14-25)36(38)39/h1-17,29,33H,18-19H2,(H,34,37). The SMILES string of the molecule is O=C(NCc1c[nH]c2ccccc12)C(c1ccc(Br)cc1)N(Cc1ccc(Cl)cc1)c1ccc([N+](=O)[O-])cc1. The van der Waals surface area contributed by atoms with E-state index in [2.05, 4.69) is 26.2 Å². The highest BCUT2D eigenvalue weighted by Gasteiger charge is 2.29. The number of carbonyl (C=O) groups excluding carboxylic acids is 1. The Hall–Kier alpha value is -4.14. The van der Waals surface area contributed by atoms with Crippen molar-refractivity contribution in [2.45, 2.75) is 19.1 Å². The Balaban J connectivity index is 1.53. The third-order valence-corrected chi connectivity index (χ3v) is 7.31. The molecule has 9 heteroatoms. The Morgan fingerprint density at radius 1 is 0.974 bits per heavy atom. The highest BCUT2D eigenvalue weighted by Crippen LogP contribution is 2.32. The molecule has 1 atom stereocenters. The number of aromatic nitrogens is 1. The van der Waals surface area contributed by atoms with Crippen LogP contribution in [0.2, 0.25) is 5.02 Å². The largest absolute Gasteiger partial charge is 0.361 e. The number of non-ortho nitro benzene ring substituents is 1. The van der Waals surface area contributed by atoms with Crippen molar-refractivity contribution in [3.05, 3.63) is 140 Å². The number of aromatic amines is 1. The molecule has 0 saturated carbocycles. The molecule has 0 aliphatic carbocycles. The van der Waals surface area contributed by atoms with Gasteiger partial charge >= 0.3 is 0 Å².